The predicted molar refractivity (Wildman–Crippen MR) is 54.6 cm³/mol. The molecular formula is C9H12N2O2S. The van der Waals surface area contributed by atoms with Crippen LogP contribution < -0.4 is 0 Å². The molecular weight excluding hydrogens is 200 g/mol. The summed E-state index contributed by atoms with van der Waals surface area (Å²) in [6.07, 6.45) is 1.46. The zero-order valence-electron chi connectivity index (χ0n) is 7.97. The molecule has 0 amide bonds. The van der Waals surface area contributed by atoms with Crippen LogP contribution in [0.5, 0.6) is 0 Å². The van der Waals surface area contributed by atoms with Gasteiger partial charge in [-0.05, 0) is 6.07 Å². The number of carbonyl (C=O) groups excluding carboxylic acids is 1. The molecule has 1 aromatic heterocycles. The minimum absolute atomic E-state index is 0.00204. The molecule has 0 N–H and O–H groups in total. The lowest BCUT2D eigenvalue weighted by molar-refractivity contribution is 0.0513. The van der Waals surface area contributed by atoms with E-state index in [9.17, 15) is 4.79 Å². The highest BCUT2D eigenvalue weighted by molar-refractivity contribution is 7.99. The molecule has 0 aromatic carbocycles. The molecule has 1 unspecified atom stereocenters. The fourth-order valence-electron chi connectivity index (χ4n) is 1.35. The third-order valence-corrected chi connectivity index (χ3v) is 3.07. The largest absolute Gasteiger partial charge is 0.368 e. The van der Waals surface area contributed by atoms with Crippen molar-refractivity contribution in [3.63, 3.8) is 0 Å². The summed E-state index contributed by atoms with van der Waals surface area (Å²) in [7, 11) is 1.80. The molecule has 0 aliphatic carbocycles. The van der Waals surface area contributed by atoms with E-state index < -0.39 is 0 Å². The van der Waals surface area contributed by atoms with Gasteiger partial charge in [-0.3, -0.25) is 9.48 Å². The monoisotopic (exact) mass is 212 g/mol. The Morgan fingerprint density at radius 2 is 2.64 bits per heavy atom. The highest BCUT2D eigenvalue weighted by Gasteiger charge is 2.24. The lowest BCUT2D eigenvalue weighted by atomic mass is 10.2. The number of aryl methyl sites for hydroxylation is 1. The number of hydrogen-bond acceptors (Lipinski definition) is 4. The molecule has 0 bridgehead atoms. The second-order valence-corrected chi connectivity index (χ2v) is 4.32. The lowest BCUT2D eigenvalue weighted by Gasteiger charge is -2.19. The third kappa shape index (κ3) is 1.99. The molecule has 5 heteroatoms. The van der Waals surface area contributed by atoms with Crippen molar-refractivity contribution < 1.29 is 9.53 Å². The lowest BCUT2D eigenvalue weighted by Crippen LogP contribution is -2.31. The predicted octanol–water partition coefficient (Wildman–Crippen LogP) is 0.735. The molecule has 0 spiro atoms. The van der Waals surface area contributed by atoms with Crippen LogP contribution in [0.4, 0.5) is 0 Å². The minimum Gasteiger partial charge on any atom is -0.368 e. The Kier molecular flexibility index (Phi) is 2.88. The van der Waals surface area contributed by atoms with Gasteiger partial charge in [-0.2, -0.15) is 16.9 Å². The van der Waals surface area contributed by atoms with Crippen molar-refractivity contribution in [3.8, 4) is 0 Å². The summed E-state index contributed by atoms with van der Waals surface area (Å²) < 4.78 is 7.01. The molecule has 2 rings (SSSR count). The average molecular weight is 212 g/mol. The van der Waals surface area contributed by atoms with Gasteiger partial charge >= 0.3 is 0 Å². The number of ether oxygens (including phenoxy) is 1. The summed E-state index contributed by atoms with van der Waals surface area (Å²) in [5.41, 5.74) is 0.500. The van der Waals surface area contributed by atoms with E-state index in [0.717, 1.165) is 11.5 Å². The van der Waals surface area contributed by atoms with Crippen LogP contribution >= 0.6 is 11.8 Å². The van der Waals surface area contributed by atoms with Gasteiger partial charge in [0.25, 0.3) is 0 Å². The molecule has 2 heterocycles. The summed E-state index contributed by atoms with van der Waals surface area (Å²) >= 11 is 1.75. The van der Waals surface area contributed by atoms with Gasteiger partial charge in [0.1, 0.15) is 11.8 Å². The number of ketones is 1. The number of nitrogens with zero attached hydrogens (tertiary/aromatic N) is 2. The van der Waals surface area contributed by atoms with Crippen LogP contribution in [-0.2, 0) is 11.8 Å². The van der Waals surface area contributed by atoms with Gasteiger partial charge in [-0.15, -0.1) is 0 Å². The molecule has 0 radical (unpaired) electrons. The van der Waals surface area contributed by atoms with E-state index in [2.05, 4.69) is 5.10 Å². The van der Waals surface area contributed by atoms with Gasteiger partial charge in [-0.1, -0.05) is 0 Å². The Hall–Kier alpha value is -0.810. The van der Waals surface area contributed by atoms with E-state index in [0.29, 0.717) is 12.3 Å². The molecule has 0 saturated carbocycles. The Morgan fingerprint density at radius 3 is 3.21 bits per heavy atom. The first-order valence-corrected chi connectivity index (χ1v) is 5.66. The van der Waals surface area contributed by atoms with E-state index in [1.807, 2.05) is 0 Å². The highest BCUT2D eigenvalue weighted by atomic mass is 32.2. The zero-order valence-corrected chi connectivity index (χ0v) is 8.79. The maximum absolute atomic E-state index is 11.8. The van der Waals surface area contributed by atoms with Gasteiger partial charge < -0.3 is 4.74 Å². The van der Waals surface area contributed by atoms with Crippen molar-refractivity contribution in [3.05, 3.63) is 18.0 Å². The van der Waals surface area contributed by atoms with Gasteiger partial charge in [0.15, 0.2) is 0 Å². The molecule has 1 fully saturated rings. The van der Waals surface area contributed by atoms with Gasteiger partial charge in [-0.25, -0.2) is 0 Å². The van der Waals surface area contributed by atoms with Crippen LogP contribution in [-0.4, -0.2) is 39.8 Å². The van der Waals surface area contributed by atoms with Crippen LogP contribution in [0, 0.1) is 0 Å². The van der Waals surface area contributed by atoms with E-state index in [4.69, 9.17) is 4.74 Å². The summed E-state index contributed by atoms with van der Waals surface area (Å²) in [6.45, 7) is 0.661. The highest BCUT2D eigenvalue weighted by Crippen LogP contribution is 2.15. The Bertz CT molecular complexity index is 331. The number of carbonyl (C=O) groups is 1. The first-order valence-electron chi connectivity index (χ1n) is 4.50. The number of hydrogen-bond donors (Lipinski definition) is 0. The number of rotatable bonds is 2. The fourth-order valence-corrected chi connectivity index (χ4v) is 2.19. The van der Waals surface area contributed by atoms with E-state index in [-0.39, 0.29) is 11.9 Å². The Morgan fingerprint density at radius 1 is 1.79 bits per heavy atom. The number of thioether (sulfide) groups is 1. The van der Waals surface area contributed by atoms with Crippen molar-refractivity contribution >= 4 is 17.5 Å². The summed E-state index contributed by atoms with van der Waals surface area (Å²) in [4.78, 5) is 11.8. The first kappa shape index (κ1) is 9.73. The Labute approximate surface area is 86.6 Å². The molecule has 1 aliphatic rings. The Balaban J connectivity index is 2.07. The third-order valence-electron chi connectivity index (χ3n) is 2.07. The molecule has 1 atom stereocenters. The van der Waals surface area contributed by atoms with Gasteiger partial charge in [0, 0.05) is 24.8 Å². The topological polar surface area (TPSA) is 44.1 Å². The van der Waals surface area contributed by atoms with Crippen LogP contribution in [0.15, 0.2) is 12.3 Å². The molecule has 1 aliphatic heterocycles. The summed E-state index contributed by atoms with van der Waals surface area (Å²) in [5.74, 6) is 1.72. The molecule has 76 valence electrons. The molecule has 14 heavy (non-hydrogen) atoms. The summed E-state index contributed by atoms with van der Waals surface area (Å²) in [6, 6.07) is 1.73. The molecule has 4 nitrogen and oxygen atoms in total. The number of Topliss-reactive ketones (excluding diaryl/α,β-unsaturated/α-hetero) is 1. The van der Waals surface area contributed by atoms with Crippen LogP contribution in [0.25, 0.3) is 0 Å². The second-order valence-electron chi connectivity index (χ2n) is 3.17. The SMILES string of the molecule is Cn1ccc(C(=O)C2CSCCO2)n1. The second kappa shape index (κ2) is 4.14. The first-order chi connectivity index (χ1) is 6.77. The van der Waals surface area contributed by atoms with Crippen molar-refractivity contribution in [2.45, 2.75) is 6.10 Å². The van der Waals surface area contributed by atoms with E-state index in [1.54, 1.807) is 35.8 Å². The van der Waals surface area contributed by atoms with Crippen LogP contribution in [0.2, 0.25) is 0 Å². The zero-order chi connectivity index (χ0) is 9.97. The quantitative estimate of drug-likeness (QED) is 0.678. The minimum atomic E-state index is -0.302. The van der Waals surface area contributed by atoms with Gasteiger partial charge in [0.2, 0.25) is 5.78 Å². The van der Waals surface area contributed by atoms with Crippen molar-refractivity contribution in [1.82, 2.24) is 9.78 Å². The smallest absolute Gasteiger partial charge is 0.212 e. The van der Waals surface area contributed by atoms with Crippen molar-refractivity contribution in [2.24, 2.45) is 7.05 Å². The van der Waals surface area contributed by atoms with Crippen molar-refractivity contribution in [1.29, 1.82) is 0 Å². The normalized spacial score (nSPS) is 22.2. The molecule has 1 aromatic rings. The number of aromatic nitrogens is 2. The van der Waals surface area contributed by atoms with Crippen molar-refractivity contribution in [2.75, 3.05) is 18.1 Å². The molecule has 1 saturated heterocycles. The maximum atomic E-state index is 11.8. The van der Waals surface area contributed by atoms with Crippen LogP contribution in [0.3, 0.4) is 0 Å². The maximum Gasteiger partial charge on any atom is 0.212 e. The average Bonchev–Trinajstić information content (AvgIpc) is 2.65. The standard InChI is InChI=1S/C9H12N2O2S/c1-11-3-2-7(10-11)9(12)8-6-14-5-4-13-8/h2-3,8H,4-6H2,1H3. The fraction of sp³-hybridized carbons (Fsp3) is 0.556. The van der Waals surface area contributed by atoms with E-state index >= 15 is 0 Å². The summed E-state index contributed by atoms with van der Waals surface area (Å²) in [5, 5.41) is 4.06. The van der Waals surface area contributed by atoms with E-state index in [1.165, 1.54) is 0 Å². The van der Waals surface area contributed by atoms with Gasteiger partial charge in [0.05, 0.1) is 6.61 Å². The van der Waals surface area contributed by atoms with Crippen LogP contribution in [0.1, 0.15) is 10.5 Å².